The molecule has 0 aliphatic heterocycles. The van der Waals surface area contributed by atoms with E-state index in [4.69, 9.17) is 9.47 Å². The SMILES string of the molecule is COc1cc(O)c(C)c2c1-c1ccc(O)c(OC)c1CC2. The fourth-order valence-electron chi connectivity index (χ4n) is 3.14. The largest absolute Gasteiger partial charge is 0.508 e. The Bertz CT molecular complexity index is 719. The van der Waals surface area contributed by atoms with Crippen LogP contribution in [0.4, 0.5) is 0 Å². The van der Waals surface area contributed by atoms with Crippen molar-refractivity contribution in [2.45, 2.75) is 19.8 Å². The molecule has 21 heavy (non-hydrogen) atoms. The summed E-state index contributed by atoms with van der Waals surface area (Å²) in [5.74, 6) is 1.56. The number of phenolic OH excluding ortho intramolecular Hbond substituents is 2. The molecule has 0 aromatic heterocycles. The van der Waals surface area contributed by atoms with Crippen LogP contribution >= 0.6 is 0 Å². The van der Waals surface area contributed by atoms with Crippen molar-refractivity contribution in [1.82, 2.24) is 0 Å². The number of rotatable bonds is 2. The topological polar surface area (TPSA) is 58.9 Å². The number of aromatic hydroxyl groups is 2. The molecule has 110 valence electrons. The zero-order valence-corrected chi connectivity index (χ0v) is 12.4. The van der Waals surface area contributed by atoms with Gasteiger partial charge in [0.25, 0.3) is 0 Å². The number of hydrogen-bond donors (Lipinski definition) is 2. The van der Waals surface area contributed by atoms with E-state index in [1.807, 2.05) is 13.0 Å². The first-order valence-corrected chi connectivity index (χ1v) is 6.87. The highest BCUT2D eigenvalue weighted by atomic mass is 16.5. The first-order valence-electron chi connectivity index (χ1n) is 6.87. The molecule has 1 aliphatic carbocycles. The van der Waals surface area contributed by atoms with Gasteiger partial charge in [-0.15, -0.1) is 0 Å². The predicted molar refractivity (Wildman–Crippen MR) is 80.5 cm³/mol. The summed E-state index contributed by atoms with van der Waals surface area (Å²) in [6.45, 7) is 1.91. The van der Waals surface area contributed by atoms with Crippen LogP contribution in [-0.4, -0.2) is 24.4 Å². The van der Waals surface area contributed by atoms with Gasteiger partial charge in [0.15, 0.2) is 11.5 Å². The molecule has 2 aromatic rings. The molecule has 0 unspecified atom stereocenters. The number of methoxy groups -OCH3 is 2. The molecule has 4 heteroatoms. The quantitative estimate of drug-likeness (QED) is 0.890. The summed E-state index contributed by atoms with van der Waals surface area (Å²) in [6.07, 6.45) is 1.53. The summed E-state index contributed by atoms with van der Waals surface area (Å²) in [5.41, 5.74) is 4.92. The lowest BCUT2D eigenvalue weighted by atomic mass is 9.82. The van der Waals surface area contributed by atoms with Gasteiger partial charge in [-0.2, -0.15) is 0 Å². The van der Waals surface area contributed by atoms with Crippen LogP contribution in [0.1, 0.15) is 16.7 Å². The average molecular weight is 286 g/mol. The minimum Gasteiger partial charge on any atom is -0.508 e. The van der Waals surface area contributed by atoms with Crippen molar-refractivity contribution in [2.75, 3.05) is 14.2 Å². The summed E-state index contributed by atoms with van der Waals surface area (Å²) in [7, 11) is 3.15. The van der Waals surface area contributed by atoms with E-state index in [2.05, 4.69) is 0 Å². The molecule has 0 amide bonds. The maximum atomic E-state index is 10.0. The maximum Gasteiger partial charge on any atom is 0.164 e. The molecule has 1 aliphatic rings. The fraction of sp³-hybridized carbons (Fsp3) is 0.294. The second kappa shape index (κ2) is 4.88. The van der Waals surface area contributed by atoms with Gasteiger partial charge in [0.05, 0.1) is 14.2 Å². The minimum absolute atomic E-state index is 0.147. The molecule has 0 atom stereocenters. The summed E-state index contributed by atoms with van der Waals surface area (Å²) in [5, 5.41) is 20.0. The van der Waals surface area contributed by atoms with Crippen LogP contribution in [-0.2, 0) is 12.8 Å². The van der Waals surface area contributed by atoms with Gasteiger partial charge in [0.1, 0.15) is 11.5 Å². The summed E-state index contributed by atoms with van der Waals surface area (Å²) >= 11 is 0. The van der Waals surface area contributed by atoms with Crippen molar-refractivity contribution >= 4 is 0 Å². The molecule has 4 nitrogen and oxygen atoms in total. The lowest BCUT2D eigenvalue weighted by molar-refractivity contribution is 0.369. The van der Waals surface area contributed by atoms with E-state index in [-0.39, 0.29) is 11.5 Å². The highest BCUT2D eigenvalue weighted by Gasteiger charge is 2.26. The number of ether oxygens (including phenoxy) is 2. The molecular weight excluding hydrogens is 268 g/mol. The van der Waals surface area contributed by atoms with Gasteiger partial charge in [-0.3, -0.25) is 0 Å². The Morgan fingerprint density at radius 3 is 2.33 bits per heavy atom. The van der Waals surface area contributed by atoms with Gasteiger partial charge < -0.3 is 19.7 Å². The van der Waals surface area contributed by atoms with Crippen molar-refractivity contribution in [3.8, 4) is 34.1 Å². The van der Waals surface area contributed by atoms with Crippen molar-refractivity contribution in [1.29, 1.82) is 0 Å². The summed E-state index contributed by atoms with van der Waals surface area (Å²) in [6, 6.07) is 5.15. The Morgan fingerprint density at radius 2 is 1.67 bits per heavy atom. The monoisotopic (exact) mass is 286 g/mol. The molecule has 0 heterocycles. The van der Waals surface area contributed by atoms with Gasteiger partial charge in [0.2, 0.25) is 0 Å². The molecular formula is C17H18O4. The van der Waals surface area contributed by atoms with E-state index in [1.54, 1.807) is 26.4 Å². The van der Waals surface area contributed by atoms with Crippen LogP contribution in [0.3, 0.4) is 0 Å². The molecule has 0 fully saturated rings. The van der Waals surface area contributed by atoms with E-state index < -0.39 is 0 Å². The van der Waals surface area contributed by atoms with Crippen molar-refractivity contribution < 1.29 is 19.7 Å². The third-order valence-electron chi connectivity index (χ3n) is 4.21. The zero-order chi connectivity index (χ0) is 15.1. The Balaban J connectivity index is 2.35. The molecule has 0 spiro atoms. The van der Waals surface area contributed by atoms with Crippen LogP contribution in [0.25, 0.3) is 11.1 Å². The van der Waals surface area contributed by atoms with E-state index in [0.717, 1.165) is 40.7 Å². The van der Waals surface area contributed by atoms with Crippen LogP contribution in [0.15, 0.2) is 18.2 Å². The van der Waals surface area contributed by atoms with Crippen LogP contribution < -0.4 is 9.47 Å². The van der Waals surface area contributed by atoms with Gasteiger partial charge in [-0.1, -0.05) is 6.07 Å². The first kappa shape index (κ1) is 13.6. The molecule has 2 aromatic carbocycles. The Morgan fingerprint density at radius 1 is 0.952 bits per heavy atom. The van der Waals surface area contributed by atoms with E-state index in [0.29, 0.717) is 11.5 Å². The summed E-state index contributed by atoms with van der Waals surface area (Å²) in [4.78, 5) is 0. The Hall–Kier alpha value is -2.36. The molecule has 0 saturated heterocycles. The van der Waals surface area contributed by atoms with Gasteiger partial charge >= 0.3 is 0 Å². The summed E-state index contributed by atoms with van der Waals surface area (Å²) < 4.78 is 10.8. The highest BCUT2D eigenvalue weighted by molar-refractivity contribution is 5.83. The second-order valence-corrected chi connectivity index (χ2v) is 5.22. The predicted octanol–water partition coefficient (Wildman–Crippen LogP) is 3.19. The minimum atomic E-state index is 0.147. The molecule has 0 bridgehead atoms. The number of phenols is 2. The number of fused-ring (bicyclic) bond motifs is 3. The lowest BCUT2D eigenvalue weighted by Gasteiger charge is -2.26. The average Bonchev–Trinajstić information content (AvgIpc) is 2.49. The van der Waals surface area contributed by atoms with Crippen molar-refractivity contribution in [2.24, 2.45) is 0 Å². The van der Waals surface area contributed by atoms with E-state index >= 15 is 0 Å². The van der Waals surface area contributed by atoms with Crippen LogP contribution in [0.5, 0.6) is 23.0 Å². The molecule has 3 rings (SSSR count). The molecule has 0 saturated carbocycles. The highest BCUT2D eigenvalue weighted by Crippen LogP contribution is 2.48. The fourth-order valence-corrected chi connectivity index (χ4v) is 3.14. The first-order chi connectivity index (χ1) is 10.1. The second-order valence-electron chi connectivity index (χ2n) is 5.22. The zero-order valence-electron chi connectivity index (χ0n) is 12.4. The smallest absolute Gasteiger partial charge is 0.164 e. The van der Waals surface area contributed by atoms with Crippen LogP contribution in [0, 0.1) is 6.92 Å². The third kappa shape index (κ3) is 1.90. The van der Waals surface area contributed by atoms with Gasteiger partial charge in [0, 0.05) is 17.2 Å². The number of hydrogen-bond acceptors (Lipinski definition) is 4. The third-order valence-corrected chi connectivity index (χ3v) is 4.21. The van der Waals surface area contributed by atoms with E-state index in [1.165, 1.54) is 0 Å². The lowest BCUT2D eigenvalue weighted by Crippen LogP contribution is -2.09. The maximum absolute atomic E-state index is 10.0. The van der Waals surface area contributed by atoms with E-state index in [9.17, 15) is 10.2 Å². The molecule has 0 radical (unpaired) electrons. The van der Waals surface area contributed by atoms with Gasteiger partial charge in [-0.25, -0.2) is 0 Å². The normalized spacial score (nSPS) is 12.5. The van der Waals surface area contributed by atoms with Crippen LogP contribution in [0.2, 0.25) is 0 Å². The van der Waals surface area contributed by atoms with Crippen molar-refractivity contribution in [3.63, 3.8) is 0 Å². The Kier molecular flexibility index (Phi) is 3.16. The number of benzene rings is 2. The molecule has 2 N–H and O–H groups in total. The Labute approximate surface area is 123 Å². The van der Waals surface area contributed by atoms with Gasteiger partial charge in [-0.05, 0) is 42.5 Å². The standard InChI is InChI=1S/C17H18O4/c1-9-10-4-5-12-11(6-7-13(18)17(12)21-3)16(10)15(20-2)8-14(9)19/h6-8,18-19H,4-5H2,1-3H3. The van der Waals surface area contributed by atoms with Crippen molar-refractivity contribution in [3.05, 3.63) is 34.9 Å².